The van der Waals surface area contributed by atoms with E-state index in [0.29, 0.717) is 0 Å². The fourth-order valence-electron chi connectivity index (χ4n) is 0.766. The number of rotatable bonds is 1. The van der Waals surface area contributed by atoms with Gasteiger partial charge in [-0.2, -0.15) is 0 Å². The predicted octanol–water partition coefficient (Wildman–Crippen LogP) is 1.55. The van der Waals surface area contributed by atoms with Gasteiger partial charge in [-0.25, -0.2) is 4.39 Å². The molecule has 0 saturated carbocycles. The van der Waals surface area contributed by atoms with Crippen LogP contribution < -0.4 is 5.73 Å². The maximum absolute atomic E-state index is 12.3. The van der Waals surface area contributed by atoms with Gasteiger partial charge in [-0.15, -0.1) is 0 Å². The van der Waals surface area contributed by atoms with E-state index in [1.54, 1.807) is 12.1 Å². The van der Waals surface area contributed by atoms with Crippen molar-refractivity contribution in [3.63, 3.8) is 0 Å². The molecule has 1 aromatic rings. The molecule has 0 amide bonds. The molecule has 0 heterocycles. The van der Waals surface area contributed by atoms with Crippen molar-refractivity contribution >= 4 is 6.47 Å². The second kappa shape index (κ2) is 6.14. The van der Waals surface area contributed by atoms with Crippen LogP contribution in [0.15, 0.2) is 24.3 Å². The summed E-state index contributed by atoms with van der Waals surface area (Å²) in [6, 6.07) is 6.21. The van der Waals surface area contributed by atoms with Gasteiger partial charge in [-0.3, -0.25) is 4.79 Å². The van der Waals surface area contributed by atoms with Crippen LogP contribution in [0.4, 0.5) is 4.39 Å². The summed E-state index contributed by atoms with van der Waals surface area (Å²) in [4.78, 5) is 8.36. The number of benzene rings is 1. The molecule has 3 nitrogen and oxygen atoms in total. The molecular formula is C9H12FNO2. The Morgan fingerprint density at radius 3 is 2.15 bits per heavy atom. The van der Waals surface area contributed by atoms with Crippen LogP contribution in [0.25, 0.3) is 0 Å². The van der Waals surface area contributed by atoms with Gasteiger partial charge in [0.2, 0.25) is 0 Å². The van der Waals surface area contributed by atoms with Gasteiger partial charge in [0.15, 0.2) is 0 Å². The van der Waals surface area contributed by atoms with E-state index in [1.807, 2.05) is 6.92 Å². The first-order valence-electron chi connectivity index (χ1n) is 3.70. The van der Waals surface area contributed by atoms with Crippen LogP contribution >= 0.6 is 0 Å². The zero-order valence-corrected chi connectivity index (χ0v) is 7.27. The topological polar surface area (TPSA) is 63.3 Å². The van der Waals surface area contributed by atoms with Crippen molar-refractivity contribution in [2.45, 2.75) is 13.0 Å². The van der Waals surface area contributed by atoms with Crippen LogP contribution in [0.3, 0.4) is 0 Å². The van der Waals surface area contributed by atoms with Crippen molar-refractivity contribution < 1.29 is 14.3 Å². The second-order valence-electron chi connectivity index (χ2n) is 2.45. The van der Waals surface area contributed by atoms with E-state index in [1.165, 1.54) is 12.1 Å². The molecule has 0 aliphatic rings. The Morgan fingerprint density at radius 2 is 1.85 bits per heavy atom. The van der Waals surface area contributed by atoms with Gasteiger partial charge in [0.25, 0.3) is 6.47 Å². The molecule has 0 aliphatic carbocycles. The number of carboxylic acid groups (broad SMARTS) is 1. The average Bonchev–Trinajstić information content (AvgIpc) is 2.06. The van der Waals surface area contributed by atoms with Gasteiger partial charge >= 0.3 is 0 Å². The normalized spacial score (nSPS) is 11.0. The third-order valence-corrected chi connectivity index (χ3v) is 1.40. The number of carbonyl (C=O) groups is 1. The summed E-state index contributed by atoms with van der Waals surface area (Å²) < 4.78 is 12.3. The Bertz CT molecular complexity index is 246. The monoisotopic (exact) mass is 185 g/mol. The first kappa shape index (κ1) is 11.6. The third kappa shape index (κ3) is 4.92. The summed E-state index contributed by atoms with van der Waals surface area (Å²) in [6.45, 7) is 1.62. The third-order valence-electron chi connectivity index (χ3n) is 1.40. The molecule has 0 spiro atoms. The zero-order chi connectivity index (χ0) is 10.3. The first-order chi connectivity index (χ1) is 6.11. The van der Waals surface area contributed by atoms with E-state index in [2.05, 4.69) is 0 Å². The van der Waals surface area contributed by atoms with Gasteiger partial charge in [-0.05, 0) is 24.6 Å². The summed E-state index contributed by atoms with van der Waals surface area (Å²) in [5.74, 6) is -0.218. The van der Waals surface area contributed by atoms with E-state index in [-0.39, 0.29) is 18.3 Å². The molecule has 4 heteroatoms. The SMILES string of the molecule is CC(N)c1ccc(F)cc1.O=CO. The van der Waals surface area contributed by atoms with E-state index in [9.17, 15) is 4.39 Å². The summed E-state index contributed by atoms with van der Waals surface area (Å²) in [6.07, 6.45) is 0. The molecule has 0 aliphatic heterocycles. The summed E-state index contributed by atoms with van der Waals surface area (Å²) in [5.41, 5.74) is 6.50. The molecule has 0 bridgehead atoms. The zero-order valence-electron chi connectivity index (χ0n) is 7.27. The highest BCUT2D eigenvalue weighted by Crippen LogP contribution is 2.09. The van der Waals surface area contributed by atoms with Gasteiger partial charge in [0.05, 0.1) is 0 Å². The molecule has 0 fully saturated rings. The van der Waals surface area contributed by atoms with Crippen LogP contribution in [0.5, 0.6) is 0 Å². The summed E-state index contributed by atoms with van der Waals surface area (Å²) in [7, 11) is 0. The van der Waals surface area contributed by atoms with Crippen molar-refractivity contribution in [2.24, 2.45) is 5.73 Å². The fourth-order valence-corrected chi connectivity index (χ4v) is 0.766. The van der Waals surface area contributed by atoms with E-state index in [4.69, 9.17) is 15.6 Å². The Hall–Kier alpha value is -1.42. The van der Waals surface area contributed by atoms with Gasteiger partial charge in [0, 0.05) is 6.04 Å². The Kier molecular flexibility index (Phi) is 5.47. The van der Waals surface area contributed by atoms with E-state index >= 15 is 0 Å². The minimum atomic E-state index is -0.250. The quantitative estimate of drug-likeness (QED) is 0.652. The van der Waals surface area contributed by atoms with Crippen LogP contribution in [0.2, 0.25) is 0 Å². The number of nitrogens with two attached hydrogens (primary N) is 1. The van der Waals surface area contributed by atoms with Crippen molar-refractivity contribution in [3.8, 4) is 0 Å². The Morgan fingerprint density at radius 1 is 1.46 bits per heavy atom. The molecule has 72 valence electrons. The molecule has 1 atom stereocenters. The smallest absolute Gasteiger partial charge is 0.290 e. The summed E-state index contributed by atoms with van der Waals surface area (Å²) >= 11 is 0. The minimum Gasteiger partial charge on any atom is -0.483 e. The Labute approximate surface area is 76.0 Å². The van der Waals surface area contributed by atoms with Crippen LogP contribution in [0, 0.1) is 5.82 Å². The molecule has 1 unspecified atom stereocenters. The minimum absolute atomic E-state index is 0.0133. The average molecular weight is 185 g/mol. The maximum atomic E-state index is 12.3. The molecule has 0 saturated heterocycles. The lowest BCUT2D eigenvalue weighted by atomic mass is 10.1. The van der Waals surface area contributed by atoms with Gasteiger partial charge in [-0.1, -0.05) is 12.1 Å². The molecular weight excluding hydrogens is 173 g/mol. The van der Waals surface area contributed by atoms with Crippen LogP contribution in [-0.4, -0.2) is 11.6 Å². The predicted molar refractivity (Wildman–Crippen MR) is 47.7 cm³/mol. The molecule has 1 aromatic carbocycles. The van der Waals surface area contributed by atoms with Gasteiger partial charge in [0.1, 0.15) is 5.82 Å². The second-order valence-corrected chi connectivity index (χ2v) is 2.45. The molecule has 13 heavy (non-hydrogen) atoms. The molecule has 0 aromatic heterocycles. The molecule has 3 N–H and O–H groups in total. The highest BCUT2D eigenvalue weighted by atomic mass is 19.1. The number of hydrogen-bond acceptors (Lipinski definition) is 2. The van der Waals surface area contributed by atoms with E-state index < -0.39 is 0 Å². The van der Waals surface area contributed by atoms with Crippen LogP contribution in [0.1, 0.15) is 18.5 Å². The highest BCUT2D eigenvalue weighted by molar-refractivity contribution is 5.32. The van der Waals surface area contributed by atoms with Crippen molar-refractivity contribution in [1.82, 2.24) is 0 Å². The number of hydrogen-bond donors (Lipinski definition) is 2. The fraction of sp³-hybridized carbons (Fsp3) is 0.222. The maximum Gasteiger partial charge on any atom is 0.290 e. The summed E-state index contributed by atoms with van der Waals surface area (Å²) in [5, 5.41) is 6.89. The lowest BCUT2D eigenvalue weighted by Crippen LogP contribution is -2.04. The lowest BCUT2D eigenvalue weighted by Gasteiger charge is -2.02. The number of halogens is 1. The van der Waals surface area contributed by atoms with E-state index in [0.717, 1.165) is 5.56 Å². The standard InChI is InChI=1S/C8H10FN.CH2O2/c1-6(10)7-2-4-8(9)5-3-7;2-1-3/h2-6H,10H2,1H3;1H,(H,2,3). The van der Waals surface area contributed by atoms with Gasteiger partial charge < -0.3 is 10.8 Å². The largest absolute Gasteiger partial charge is 0.483 e. The van der Waals surface area contributed by atoms with Crippen molar-refractivity contribution in [2.75, 3.05) is 0 Å². The molecule has 0 radical (unpaired) electrons. The Balaban J connectivity index is 0.000000424. The lowest BCUT2D eigenvalue weighted by molar-refractivity contribution is -0.122. The van der Waals surface area contributed by atoms with Crippen molar-refractivity contribution in [3.05, 3.63) is 35.6 Å². The highest BCUT2D eigenvalue weighted by Gasteiger charge is 1.96. The van der Waals surface area contributed by atoms with Crippen molar-refractivity contribution in [1.29, 1.82) is 0 Å². The first-order valence-corrected chi connectivity index (χ1v) is 3.70. The van der Waals surface area contributed by atoms with Crippen LogP contribution in [-0.2, 0) is 4.79 Å². The molecule has 1 rings (SSSR count).